The SMILES string of the molecule is CC(N)C(F)Cc1ccccc1. The fraction of sp³-hybridized carbons (Fsp3) is 0.400. The van der Waals surface area contributed by atoms with Gasteiger partial charge in [0.2, 0.25) is 0 Å². The zero-order valence-corrected chi connectivity index (χ0v) is 7.20. The highest BCUT2D eigenvalue weighted by Crippen LogP contribution is 2.07. The normalized spacial score (nSPS) is 15.6. The van der Waals surface area contributed by atoms with Crippen LogP contribution in [0.25, 0.3) is 0 Å². The van der Waals surface area contributed by atoms with Crippen LogP contribution in [0.1, 0.15) is 12.5 Å². The van der Waals surface area contributed by atoms with Crippen molar-refractivity contribution < 1.29 is 4.39 Å². The van der Waals surface area contributed by atoms with Crippen LogP contribution in [0, 0.1) is 0 Å². The molecule has 0 aliphatic heterocycles. The highest BCUT2D eigenvalue weighted by molar-refractivity contribution is 5.15. The Kier molecular flexibility index (Phi) is 3.23. The molecule has 0 saturated carbocycles. The first-order chi connectivity index (χ1) is 5.70. The van der Waals surface area contributed by atoms with Crippen molar-refractivity contribution in [1.82, 2.24) is 0 Å². The van der Waals surface area contributed by atoms with E-state index >= 15 is 0 Å². The summed E-state index contributed by atoms with van der Waals surface area (Å²) >= 11 is 0. The first kappa shape index (κ1) is 9.20. The van der Waals surface area contributed by atoms with Crippen LogP contribution in [0.15, 0.2) is 30.3 Å². The summed E-state index contributed by atoms with van der Waals surface area (Å²) in [6.45, 7) is 1.69. The number of benzene rings is 1. The molecule has 66 valence electrons. The Morgan fingerprint density at radius 3 is 2.42 bits per heavy atom. The highest BCUT2D eigenvalue weighted by atomic mass is 19.1. The molecule has 0 radical (unpaired) electrons. The van der Waals surface area contributed by atoms with E-state index in [0.29, 0.717) is 6.42 Å². The fourth-order valence-corrected chi connectivity index (χ4v) is 1.03. The van der Waals surface area contributed by atoms with Gasteiger partial charge in [-0.05, 0) is 12.5 Å². The summed E-state index contributed by atoms with van der Waals surface area (Å²) in [6.07, 6.45) is -0.522. The molecule has 0 amide bonds. The van der Waals surface area contributed by atoms with Crippen LogP contribution in [0.5, 0.6) is 0 Å². The minimum Gasteiger partial charge on any atom is -0.325 e. The smallest absolute Gasteiger partial charge is 0.119 e. The molecule has 0 aliphatic carbocycles. The summed E-state index contributed by atoms with van der Waals surface area (Å²) in [6, 6.07) is 9.17. The van der Waals surface area contributed by atoms with Crippen LogP contribution in [0.2, 0.25) is 0 Å². The van der Waals surface area contributed by atoms with Crippen molar-refractivity contribution in [3.05, 3.63) is 35.9 Å². The van der Waals surface area contributed by atoms with E-state index in [1.807, 2.05) is 30.3 Å². The van der Waals surface area contributed by atoms with E-state index in [1.165, 1.54) is 0 Å². The molecule has 1 rings (SSSR count). The summed E-state index contributed by atoms with van der Waals surface area (Å²) in [5.74, 6) is 0. The maximum absolute atomic E-state index is 13.1. The largest absolute Gasteiger partial charge is 0.325 e. The Balaban J connectivity index is 2.53. The number of rotatable bonds is 3. The van der Waals surface area contributed by atoms with Gasteiger partial charge in [0.25, 0.3) is 0 Å². The second-order valence-corrected chi connectivity index (χ2v) is 3.06. The van der Waals surface area contributed by atoms with E-state index in [2.05, 4.69) is 0 Å². The minimum absolute atomic E-state index is 0.384. The molecular weight excluding hydrogens is 153 g/mol. The predicted octanol–water partition coefficient (Wildman–Crippen LogP) is 1.91. The summed E-state index contributed by atoms with van der Waals surface area (Å²) in [5, 5.41) is 0. The third-order valence-corrected chi connectivity index (χ3v) is 1.84. The summed E-state index contributed by atoms with van der Waals surface area (Å²) in [7, 11) is 0. The van der Waals surface area contributed by atoms with E-state index in [9.17, 15) is 4.39 Å². The van der Waals surface area contributed by atoms with Gasteiger partial charge in [-0.15, -0.1) is 0 Å². The van der Waals surface area contributed by atoms with Gasteiger partial charge in [-0.3, -0.25) is 0 Å². The molecule has 0 aliphatic rings. The summed E-state index contributed by atoms with van der Waals surface area (Å²) in [4.78, 5) is 0. The number of halogens is 1. The lowest BCUT2D eigenvalue weighted by atomic mass is 10.1. The van der Waals surface area contributed by atoms with Crippen LogP contribution >= 0.6 is 0 Å². The first-order valence-electron chi connectivity index (χ1n) is 4.13. The third kappa shape index (κ3) is 2.62. The average Bonchev–Trinajstić information content (AvgIpc) is 2.06. The van der Waals surface area contributed by atoms with Crippen LogP contribution in [-0.4, -0.2) is 12.2 Å². The quantitative estimate of drug-likeness (QED) is 0.731. The van der Waals surface area contributed by atoms with Crippen molar-refractivity contribution >= 4 is 0 Å². The fourth-order valence-electron chi connectivity index (χ4n) is 1.03. The Bertz CT molecular complexity index is 221. The van der Waals surface area contributed by atoms with Gasteiger partial charge in [-0.25, -0.2) is 4.39 Å². The van der Waals surface area contributed by atoms with Crippen LogP contribution in [0.3, 0.4) is 0 Å². The summed E-state index contributed by atoms with van der Waals surface area (Å²) < 4.78 is 13.1. The van der Waals surface area contributed by atoms with Crippen molar-refractivity contribution in [3.63, 3.8) is 0 Å². The van der Waals surface area contributed by atoms with Crippen molar-refractivity contribution in [2.24, 2.45) is 5.73 Å². The van der Waals surface area contributed by atoms with Gasteiger partial charge in [0.1, 0.15) is 6.17 Å². The number of hydrogen-bond donors (Lipinski definition) is 1. The molecule has 2 atom stereocenters. The second-order valence-electron chi connectivity index (χ2n) is 3.06. The van der Waals surface area contributed by atoms with Gasteiger partial charge in [0, 0.05) is 12.5 Å². The van der Waals surface area contributed by atoms with Crippen molar-refractivity contribution in [2.45, 2.75) is 25.6 Å². The number of hydrogen-bond acceptors (Lipinski definition) is 1. The molecule has 12 heavy (non-hydrogen) atoms. The van der Waals surface area contributed by atoms with E-state index in [-0.39, 0.29) is 6.04 Å². The lowest BCUT2D eigenvalue weighted by Gasteiger charge is -2.11. The van der Waals surface area contributed by atoms with Gasteiger partial charge in [0.05, 0.1) is 0 Å². The van der Waals surface area contributed by atoms with Crippen molar-refractivity contribution in [1.29, 1.82) is 0 Å². The van der Waals surface area contributed by atoms with Gasteiger partial charge in [-0.1, -0.05) is 30.3 Å². The molecule has 0 saturated heterocycles. The van der Waals surface area contributed by atoms with E-state index < -0.39 is 6.17 Å². The molecular formula is C10H14FN. The van der Waals surface area contributed by atoms with Crippen LogP contribution < -0.4 is 5.73 Å². The molecule has 0 heterocycles. The highest BCUT2D eigenvalue weighted by Gasteiger charge is 2.11. The second kappa shape index (κ2) is 4.21. The monoisotopic (exact) mass is 167 g/mol. The lowest BCUT2D eigenvalue weighted by Crippen LogP contribution is -2.29. The van der Waals surface area contributed by atoms with E-state index in [1.54, 1.807) is 6.92 Å². The lowest BCUT2D eigenvalue weighted by molar-refractivity contribution is 0.290. The standard InChI is InChI=1S/C10H14FN/c1-8(12)10(11)7-9-5-3-2-4-6-9/h2-6,8,10H,7,12H2,1H3. The zero-order valence-electron chi connectivity index (χ0n) is 7.20. The molecule has 0 bridgehead atoms. The van der Waals surface area contributed by atoms with Crippen LogP contribution in [-0.2, 0) is 6.42 Å². The molecule has 0 aromatic heterocycles. The molecule has 1 nitrogen and oxygen atoms in total. The Hall–Kier alpha value is -0.890. The Labute approximate surface area is 72.4 Å². The van der Waals surface area contributed by atoms with E-state index in [4.69, 9.17) is 5.73 Å². The average molecular weight is 167 g/mol. The number of alkyl halides is 1. The molecule has 0 spiro atoms. The topological polar surface area (TPSA) is 26.0 Å². The van der Waals surface area contributed by atoms with Gasteiger partial charge >= 0.3 is 0 Å². The zero-order chi connectivity index (χ0) is 8.97. The van der Waals surface area contributed by atoms with Gasteiger partial charge in [0.15, 0.2) is 0 Å². The molecule has 2 unspecified atom stereocenters. The predicted molar refractivity (Wildman–Crippen MR) is 48.7 cm³/mol. The van der Waals surface area contributed by atoms with Crippen molar-refractivity contribution in [2.75, 3.05) is 0 Å². The molecule has 1 aromatic carbocycles. The Morgan fingerprint density at radius 2 is 1.92 bits per heavy atom. The first-order valence-corrected chi connectivity index (χ1v) is 4.13. The van der Waals surface area contributed by atoms with Gasteiger partial charge in [-0.2, -0.15) is 0 Å². The molecule has 2 heteroatoms. The van der Waals surface area contributed by atoms with E-state index in [0.717, 1.165) is 5.56 Å². The van der Waals surface area contributed by atoms with Crippen molar-refractivity contribution in [3.8, 4) is 0 Å². The number of nitrogens with two attached hydrogens (primary N) is 1. The maximum atomic E-state index is 13.1. The molecule has 2 N–H and O–H groups in total. The molecule has 1 aromatic rings. The van der Waals surface area contributed by atoms with Crippen LogP contribution in [0.4, 0.5) is 4.39 Å². The minimum atomic E-state index is -0.938. The maximum Gasteiger partial charge on any atom is 0.119 e. The van der Waals surface area contributed by atoms with Gasteiger partial charge < -0.3 is 5.73 Å². The molecule has 0 fully saturated rings. The summed E-state index contributed by atoms with van der Waals surface area (Å²) in [5.41, 5.74) is 6.41. The Morgan fingerprint density at radius 1 is 1.33 bits per heavy atom. The third-order valence-electron chi connectivity index (χ3n) is 1.84.